The maximum absolute atomic E-state index is 9.60. The Bertz CT molecular complexity index is 361. The first kappa shape index (κ1) is 9.92. The van der Waals surface area contributed by atoms with Gasteiger partial charge in [0.1, 0.15) is 11.4 Å². The van der Waals surface area contributed by atoms with E-state index >= 15 is 0 Å². The summed E-state index contributed by atoms with van der Waals surface area (Å²) in [7, 11) is 1.55. The lowest BCUT2D eigenvalue weighted by atomic mass is 10.2. The van der Waals surface area contributed by atoms with Crippen LogP contribution in [0.1, 0.15) is 5.56 Å². The average Bonchev–Trinajstić information content (AvgIpc) is 2.11. The maximum Gasteiger partial charge on any atom is 0.150 e. The molecule has 0 spiro atoms. The largest absolute Gasteiger partial charge is 0.505 e. The van der Waals surface area contributed by atoms with E-state index in [1.54, 1.807) is 25.3 Å². The number of aromatic hydroxyl groups is 1. The van der Waals surface area contributed by atoms with E-state index in [1.807, 2.05) is 0 Å². The third-order valence-electron chi connectivity index (χ3n) is 1.51. The van der Waals surface area contributed by atoms with Gasteiger partial charge in [0.25, 0.3) is 0 Å². The number of phenolic OH excluding ortho intramolecular Hbond substituents is 1. The van der Waals surface area contributed by atoms with Gasteiger partial charge < -0.3 is 5.11 Å². The van der Waals surface area contributed by atoms with Gasteiger partial charge in [-0.25, -0.2) is 0 Å². The molecule has 1 aromatic rings. The Balaban J connectivity index is 3.34. The predicted octanol–water partition coefficient (Wildman–Crippen LogP) is 3.51. The number of halogens is 1. The van der Waals surface area contributed by atoms with Crippen molar-refractivity contribution in [2.45, 2.75) is 0 Å². The molecule has 0 aromatic heterocycles. The third-order valence-corrected chi connectivity index (χ3v) is 1.97. The highest BCUT2D eigenvalue weighted by atomic mass is 79.9. The molecule has 0 unspecified atom stereocenters. The summed E-state index contributed by atoms with van der Waals surface area (Å²) in [4.78, 5) is 0. The molecule has 4 heteroatoms. The smallest absolute Gasteiger partial charge is 0.150 e. The molecule has 0 radical (unpaired) electrons. The van der Waals surface area contributed by atoms with Crippen LogP contribution in [0.5, 0.6) is 5.75 Å². The lowest BCUT2D eigenvalue weighted by Gasteiger charge is -2.02. The number of azo groups is 1. The van der Waals surface area contributed by atoms with Gasteiger partial charge in [-0.3, -0.25) is 0 Å². The SMILES string of the molecule is C=Cc1cc(Br)cc(N=NC)c1O. The van der Waals surface area contributed by atoms with Crippen molar-refractivity contribution in [3.63, 3.8) is 0 Å². The molecule has 3 nitrogen and oxygen atoms in total. The zero-order valence-corrected chi connectivity index (χ0v) is 8.74. The fourth-order valence-corrected chi connectivity index (χ4v) is 1.41. The van der Waals surface area contributed by atoms with Crippen molar-refractivity contribution in [1.82, 2.24) is 0 Å². The monoisotopic (exact) mass is 240 g/mol. The Kier molecular flexibility index (Phi) is 3.19. The minimum Gasteiger partial charge on any atom is -0.505 e. The zero-order chi connectivity index (χ0) is 9.84. The molecule has 0 aliphatic carbocycles. The Hall–Kier alpha value is -1.16. The molecule has 0 saturated heterocycles. The molecule has 0 aliphatic rings. The number of hydrogen-bond donors (Lipinski definition) is 1. The molecule has 0 amide bonds. The van der Waals surface area contributed by atoms with Crippen molar-refractivity contribution in [3.05, 3.63) is 28.7 Å². The highest BCUT2D eigenvalue weighted by Crippen LogP contribution is 2.34. The van der Waals surface area contributed by atoms with Crippen molar-refractivity contribution < 1.29 is 5.11 Å². The Morgan fingerprint density at radius 2 is 2.23 bits per heavy atom. The van der Waals surface area contributed by atoms with Crippen molar-refractivity contribution in [2.24, 2.45) is 10.2 Å². The van der Waals surface area contributed by atoms with Gasteiger partial charge in [-0.1, -0.05) is 28.6 Å². The number of nitrogens with zero attached hydrogens (tertiary/aromatic N) is 2. The second kappa shape index (κ2) is 4.18. The summed E-state index contributed by atoms with van der Waals surface area (Å²) in [6, 6.07) is 3.45. The topological polar surface area (TPSA) is 45.0 Å². The van der Waals surface area contributed by atoms with Crippen LogP contribution in [0.2, 0.25) is 0 Å². The van der Waals surface area contributed by atoms with Gasteiger partial charge in [0.05, 0.1) is 0 Å². The molecule has 0 heterocycles. The quantitative estimate of drug-likeness (QED) is 0.791. The number of rotatable bonds is 2. The van der Waals surface area contributed by atoms with Gasteiger partial charge in [-0.15, -0.1) is 0 Å². The minimum atomic E-state index is 0.101. The Morgan fingerprint density at radius 1 is 1.54 bits per heavy atom. The third kappa shape index (κ3) is 2.15. The molecule has 0 saturated carbocycles. The van der Waals surface area contributed by atoms with Crippen molar-refractivity contribution in [2.75, 3.05) is 7.05 Å². The number of hydrogen-bond acceptors (Lipinski definition) is 3. The van der Waals surface area contributed by atoms with Gasteiger partial charge in [0.15, 0.2) is 0 Å². The maximum atomic E-state index is 9.60. The average molecular weight is 241 g/mol. The lowest BCUT2D eigenvalue weighted by molar-refractivity contribution is 0.475. The molecule has 1 aromatic carbocycles. The molecule has 1 rings (SSSR count). The first-order valence-corrected chi connectivity index (χ1v) is 4.43. The summed E-state index contributed by atoms with van der Waals surface area (Å²) in [5.74, 6) is 0.101. The molecule has 13 heavy (non-hydrogen) atoms. The predicted molar refractivity (Wildman–Crippen MR) is 56.3 cm³/mol. The first-order valence-electron chi connectivity index (χ1n) is 3.64. The van der Waals surface area contributed by atoms with Crippen LogP contribution in [0.25, 0.3) is 6.08 Å². The summed E-state index contributed by atoms with van der Waals surface area (Å²) < 4.78 is 0.836. The van der Waals surface area contributed by atoms with Crippen LogP contribution in [0, 0.1) is 0 Å². The fraction of sp³-hybridized carbons (Fsp3) is 0.111. The van der Waals surface area contributed by atoms with Gasteiger partial charge in [0.2, 0.25) is 0 Å². The van der Waals surface area contributed by atoms with Gasteiger partial charge in [0, 0.05) is 17.1 Å². The van der Waals surface area contributed by atoms with Crippen molar-refractivity contribution in [3.8, 4) is 5.75 Å². The van der Waals surface area contributed by atoms with Crippen molar-refractivity contribution >= 4 is 27.7 Å². The summed E-state index contributed by atoms with van der Waals surface area (Å²) in [6.07, 6.45) is 1.56. The van der Waals surface area contributed by atoms with E-state index in [4.69, 9.17) is 0 Å². The van der Waals surface area contributed by atoms with Crippen molar-refractivity contribution in [1.29, 1.82) is 0 Å². The molecule has 0 fully saturated rings. The molecular formula is C9H9BrN2O. The second-order valence-corrected chi connectivity index (χ2v) is 3.28. The van der Waals surface area contributed by atoms with Crippen LogP contribution >= 0.6 is 15.9 Å². The van der Waals surface area contributed by atoms with E-state index in [0.29, 0.717) is 11.3 Å². The standard InChI is InChI=1S/C9H9BrN2O/c1-3-6-4-7(10)5-8(9(6)13)12-11-2/h3-5,13H,1H2,2H3. The zero-order valence-electron chi connectivity index (χ0n) is 7.16. The van der Waals surface area contributed by atoms with Crippen LogP contribution in [0.4, 0.5) is 5.69 Å². The van der Waals surface area contributed by atoms with E-state index in [1.165, 1.54) is 0 Å². The van der Waals surface area contributed by atoms with Crippen LogP contribution in [0.3, 0.4) is 0 Å². The molecular weight excluding hydrogens is 232 g/mol. The summed E-state index contributed by atoms with van der Waals surface area (Å²) >= 11 is 3.30. The number of phenols is 1. The fourth-order valence-electron chi connectivity index (χ4n) is 0.945. The van der Waals surface area contributed by atoms with E-state index < -0.39 is 0 Å². The van der Waals surface area contributed by atoms with E-state index in [2.05, 4.69) is 32.7 Å². The highest BCUT2D eigenvalue weighted by molar-refractivity contribution is 9.10. The highest BCUT2D eigenvalue weighted by Gasteiger charge is 2.05. The van der Waals surface area contributed by atoms with Crippen LogP contribution in [-0.4, -0.2) is 12.2 Å². The van der Waals surface area contributed by atoms with Crippen LogP contribution < -0.4 is 0 Å². The van der Waals surface area contributed by atoms with Crippen LogP contribution in [0.15, 0.2) is 33.4 Å². The molecule has 0 aliphatic heterocycles. The van der Waals surface area contributed by atoms with Gasteiger partial charge in [-0.05, 0) is 12.1 Å². The van der Waals surface area contributed by atoms with Crippen LogP contribution in [-0.2, 0) is 0 Å². The molecule has 1 N–H and O–H groups in total. The van der Waals surface area contributed by atoms with Gasteiger partial charge in [-0.2, -0.15) is 10.2 Å². The molecule has 0 bridgehead atoms. The first-order chi connectivity index (χ1) is 6.19. The van der Waals surface area contributed by atoms with Gasteiger partial charge >= 0.3 is 0 Å². The second-order valence-electron chi connectivity index (χ2n) is 2.37. The van der Waals surface area contributed by atoms with E-state index in [-0.39, 0.29) is 5.75 Å². The molecule has 0 atom stereocenters. The number of benzene rings is 1. The summed E-state index contributed by atoms with van der Waals surface area (Å²) in [5.41, 5.74) is 1.07. The summed E-state index contributed by atoms with van der Waals surface area (Å²) in [5, 5.41) is 17.0. The van der Waals surface area contributed by atoms with E-state index in [0.717, 1.165) is 4.47 Å². The molecule has 68 valence electrons. The normalized spacial score (nSPS) is 10.6. The Labute approximate surface area is 84.9 Å². The van der Waals surface area contributed by atoms with E-state index in [9.17, 15) is 5.11 Å². The lowest BCUT2D eigenvalue weighted by Crippen LogP contribution is -1.76. The summed E-state index contributed by atoms with van der Waals surface area (Å²) in [6.45, 7) is 3.58. The minimum absolute atomic E-state index is 0.101. The Morgan fingerprint density at radius 3 is 2.77 bits per heavy atom.